The molecule has 1 fully saturated rings. The van der Waals surface area contributed by atoms with Gasteiger partial charge in [-0.2, -0.15) is 17.5 Å². The largest absolute Gasteiger partial charge is 0.416 e. The Labute approximate surface area is 200 Å². The van der Waals surface area contributed by atoms with E-state index < -0.39 is 21.8 Å². The van der Waals surface area contributed by atoms with Crippen LogP contribution in [0.5, 0.6) is 0 Å². The molecule has 0 unspecified atom stereocenters. The first-order valence-electron chi connectivity index (χ1n) is 11.0. The van der Waals surface area contributed by atoms with E-state index in [0.717, 1.165) is 46.5 Å². The number of nitrogens with zero attached hydrogens (tertiary/aromatic N) is 4. The highest BCUT2D eigenvalue weighted by molar-refractivity contribution is 7.89. The van der Waals surface area contributed by atoms with Crippen LogP contribution in [0.2, 0.25) is 0 Å². The lowest BCUT2D eigenvalue weighted by molar-refractivity contribution is -0.137. The maximum absolute atomic E-state index is 13.0. The zero-order chi connectivity index (χ0) is 24.6. The maximum atomic E-state index is 13.0. The number of fused-ring (bicyclic) bond motifs is 1. The number of para-hydroxylation sites is 1. The van der Waals surface area contributed by atoms with Crippen LogP contribution < -0.4 is 4.90 Å². The molecule has 0 N–H and O–H groups in total. The van der Waals surface area contributed by atoms with E-state index in [1.54, 1.807) is 0 Å². The molecule has 2 heterocycles. The van der Waals surface area contributed by atoms with E-state index in [4.69, 9.17) is 9.97 Å². The smallest absolute Gasteiger partial charge is 0.353 e. The predicted octanol–water partition coefficient (Wildman–Crippen LogP) is 4.83. The lowest BCUT2D eigenvalue weighted by Gasteiger charge is -2.35. The number of hydrogen-bond donors (Lipinski definition) is 0. The molecule has 0 radical (unpaired) electrons. The van der Waals surface area contributed by atoms with E-state index in [1.807, 2.05) is 59.5 Å². The van der Waals surface area contributed by atoms with Crippen molar-refractivity contribution in [3.63, 3.8) is 0 Å². The molecule has 35 heavy (non-hydrogen) atoms. The standard InChI is InChI=1S/C25H21F3N4O2S/c26-25(27,28)19-10-12-20(13-11-19)35(33,34)32-16-14-31(15-17-32)24-21-8-4-5-9-22(21)29-23(30-24)18-6-2-1-3-7-18/h1-13H,14-17H2. The minimum Gasteiger partial charge on any atom is -0.353 e. The first-order chi connectivity index (χ1) is 16.7. The van der Waals surface area contributed by atoms with Crippen LogP contribution in [0.4, 0.5) is 19.0 Å². The van der Waals surface area contributed by atoms with E-state index in [1.165, 1.54) is 4.31 Å². The number of aromatic nitrogens is 2. The lowest BCUT2D eigenvalue weighted by atomic mass is 10.1. The molecule has 180 valence electrons. The summed E-state index contributed by atoms with van der Waals surface area (Å²) in [4.78, 5) is 11.4. The van der Waals surface area contributed by atoms with Crippen LogP contribution in [-0.2, 0) is 16.2 Å². The van der Waals surface area contributed by atoms with Crippen LogP contribution in [0.3, 0.4) is 0 Å². The van der Waals surface area contributed by atoms with E-state index in [2.05, 4.69) is 0 Å². The van der Waals surface area contributed by atoms with Gasteiger partial charge >= 0.3 is 6.18 Å². The van der Waals surface area contributed by atoms with Crippen LogP contribution in [-0.4, -0.2) is 48.9 Å². The quantitative estimate of drug-likeness (QED) is 0.403. The molecule has 5 rings (SSSR count). The van der Waals surface area contributed by atoms with Crippen molar-refractivity contribution in [3.8, 4) is 11.4 Å². The number of piperazine rings is 1. The van der Waals surface area contributed by atoms with Crippen LogP contribution in [0, 0.1) is 0 Å². The maximum Gasteiger partial charge on any atom is 0.416 e. The first-order valence-corrected chi connectivity index (χ1v) is 12.4. The van der Waals surface area contributed by atoms with E-state index in [9.17, 15) is 21.6 Å². The Bertz CT molecular complexity index is 1450. The average Bonchev–Trinajstić information content (AvgIpc) is 2.88. The second-order valence-electron chi connectivity index (χ2n) is 8.17. The summed E-state index contributed by atoms with van der Waals surface area (Å²) in [5, 5.41) is 0.867. The van der Waals surface area contributed by atoms with Gasteiger partial charge in [-0.15, -0.1) is 0 Å². The molecule has 10 heteroatoms. The van der Waals surface area contributed by atoms with Gasteiger partial charge < -0.3 is 4.90 Å². The lowest BCUT2D eigenvalue weighted by Crippen LogP contribution is -2.49. The highest BCUT2D eigenvalue weighted by atomic mass is 32.2. The molecular formula is C25H21F3N4O2S. The molecule has 0 bridgehead atoms. The second-order valence-corrected chi connectivity index (χ2v) is 10.1. The fraction of sp³-hybridized carbons (Fsp3) is 0.200. The predicted molar refractivity (Wildman–Crippen MR) is 127 cm³/mol. The Hall–Kier alpha value is -3.50. The highest BCUT2D eigenvalue weighted by Gasteiger charge is 2.33. The van der Waals surface area contributed by atoms with Crippen molar-refractivity contribution in [1.29, 1.82) is 0 Å². The van der Waals surface area contributed by atoms with Crippen LogP contribution >= 0.6 is 0 Å². The van der Waals surface area contributed by atoms with E-state index >= 15 is 0 Å². The van der Waals surface area contributed by atoms with E-state index in [0.29, 0.717) is 18.9 Å². The number of alkyl halides is 3. The monoisotopic (exact) mass is 498 g/mol. The normalized spacial score (nSPS) is 15.5. The summed E-state index contributed by atoms with van der Waals surface area (Å²) in [7, 11) is -3.92. The Balaban J connectivity index is 1.40. The van der Waals surface area contributed by atoms with Gasteiger partial charge in [0.25, 0.3) is 0 Å². The minimum atomic E-state index is -4.52. The fourth-order valence-corrected chi connectivity index (χ4v) is 5.54. The van der Waals surface area contributed by atoms with Crippen molar-refractivity contribution in [3.05, 3.63) is 84.4 Å². The molecule has 4 aromatic rings. The molecule has 1 aliphatic heterocycles. The van der Waals surface area contributed by atoms with Crippen molar-refractivity contribution in [1.82, 2.24) is 14.3 Å². The Kier molecular flexibility index (Phi) is 5.94. The van der Waals surface area contributed by atoms with Crippen molar-refractivity contribution < 1.29 is 21.6 Å². The third-order valence-corrected chi connectivity index (χ3v) is 7.89. The summed E-state index contributed by atoms with van der Waals surface area (Å²) in [6.07, 6.45) is -4.52. The number of halogens is 3. The summed E-state index contributed by atoms with van der Waals surface area (Å²) in [6, 6.07) is 20.9. The second kappa shape index (κ2) is 8.94. The minimum absolute atomic E-state index is 0.155. The highest BCUT2D eigenvalue weighted by Crippen LogP contribution is 2.31. The van der Waals surface area contributed by atoms with Crippen molar-refractivity contribution >= 4 is 26.7 Å². The van der Waals surface area contributed by atoms with Gasteiger partial charge in [-0.1, -0.05) is 42.5 Å². The van der Waals surface area contributed by atoms with Gasteiger partial charge in [-0.05, 0) is 36.4 Å². The molecule has 3 aromatic carbocycles. The molecule has 6 nitrogen and oxygen atoms in total. The van der Waals surface area contributed by atoms with Crippen LogP contribution in [0.25, 0.3) is 22.3 Å². The Morgan fingerprint density at radius 1 is 0.743 bits per heavy atom. The number of anilines is 1. The van der Waals surface area contributed by atoms with Gasteiger partial charge in [-0.3, -0.25) is 0 Å². The third kappa shape index (κ3) is 4.59. The van der Waals surface area contributed by atoms with Crippen molar-refractivity contribution in [2.75, 3.05) is 31.1 Å². The average molecular weight is 499 g/mol. The third-order valence-electron chi connectivity index (χ3n) is 5.97. The topological polar surface area (TPSA) is 66.4 Å². The van der Waals surface area contributed by atoms with E-state index in [-0.39, 0.29) is 18.0 Å². The number of benzene rings is 3. The molecule has 0 atom stereocenters. The molecule has 1 aromatic heterocycles. The molecule has 1 aliphatic rings. The fourth-order valence-electron chi connectivity index (χ4n) is 4.12. The summed E-state index contributed by atoms with van der Waals surface area (Å²) in [6.45, 7) is 1.13. The number of rotatable bonds is 4. The van der Waals surface area contributed by atoms with Gasteiger partial charge in [0.05, 0.1) is 16.0 Å². The molecule has 0 amide bonds. The van der Waals surface area contributed by atoms with Gasteiger partial charge in [0.2, 0.25) is 10.0 Å². The SMILES string of the molecule is O=S(=O)(c1ccc(C(F)(F)F)cc1)N1CCN(c2nc(-c3ccccc3)nc3ccccc23)CC1. The van der Waals surface area contributed by atoms with Crippen molar-refractivity contribution in [2.45, 2.75) is 11.1 Å². The molecular weight excluding hydrogens is 477 g/mol. The summed E-state index contributed by atoms with van der Waals surface area (Å²) < 4.78 is 65.9. The summed E-state index contributed by atoms with van der Waals surface area (Å²) >= 11 is 0. The zero-order valence-electron chi connectivity index (χ0n) is 18.5. The molecule has 0 spiro atoms. The summed E-state index contributed by atoms with van der Waals surface area (Å²) in [5.74, 6) is 1.31. The zero-order valence-corrected chi connectivity index (χ0v) is 19.3. The number of hydrogen-bond acceptors (Lipinski definition) is 5. The van der Waals surface area contributed by atoms with Crippen molar-refractivity contribution in [2.24, 2.45) is 0 Å². The van der Waals surface area contributed by atoms with Gasteiger partial charge in [-0.25, -0.2) is 18.4 Å². The summed E-state index contributed by atoms with van der Waals surface area (Å²) in [5.41, 5.74) is 0.783. The van der Waals surface area contributed by atoms with Gasteiger partial charge in [0.1, 0.15) is 5.82 Å². The number of sulfonamides is 1. The Morgan fingerprint density at radius 2 is 1.37 bits per heavy atom. The van der Waals surface area contributed by atoms with Gasteiger partial charge in [0, 0.05) is 37.1 Å². The molecule has 0 aliphatic carbocycles. The van der Waals surface area contributed by atoms with Crippen LogP contribution in [0.15, 0.2) is 83.8 Å². The molecule has 0 saturated carbocycles. The molecule has 1 saturated heterocycles. The van der Waals surface area contributed by atoms with Crippen LogP contribution in [0.1, 0.15) is 5.56 Å². The Morgan fingerprint density at radius 3 is 2.03 bits per heavy atom. The first kappa shape index (κ1) is 23.3. The van der Waals surface area contributed by atoms with Gasteiger partial charge in [0.15, 0.2) is 5.82 Å².